The second-order valence-electron chi connectivity index (χ2n) is 5.28. The van der Waals surface area contributed by atoms with Crippen LogP contribution in [0.15, 0.2) is 23.0 Å². The lowest BCUT2D eigenvalue weighted by Crippen LogP contribution is -2.23. The van der Waals surface area contributed by atoms with E-state index in [0.29, 0.717) is 18.1 Å². The number of rotatable bonds is 5. The van der Waals surface area contributed by atoms with E-state index in [-0.39, 0.29) is 0 Å². The number of ketones is 1. The number of furan rings is 1. The van der Waals surface area contributed by atoms with Crippen LogP contribution >= 0.6 is 0 Å². The zero-order valence-corrected chi connectivity index (χ0v) is 10.7. The van der Waals surface area contributed by atoms with Crippen molar-refractivity contribution >= 4 is 5.78 Å². The van der Waals surface area contributed by atoms with Crippen molar-refractivity contribution in [1.82, 2.24) is 0 Å². The maximum atomic E-state index is 12.1. The molecule has 1 aliphatic carbocycles. The summed E-state index contributed by atoms with van der Waals surface area (Å²) in [6.45, 7) is 2.25. The summed E-state index contributed by atoms with van der Waals surface area (Å²) in [6, 6.07) is 1.89. The summed E-state index contributed by atoms with van der Waals surface area (Å²) >= 11 is 0. The Bertz CT molecular complexity index is 332. The van der Waals surface area contributed by atoms with Gasteiger partial charge in [-0.3, -0.25) is 4.79 Å². The van der Waals surface area contributed by atoms with Gasteiger partial charge in [-0.1, -0.05) is 19.8 Å². The molecule has 2 nitrogen and oxygen atoms in total. The van der Waals surface area contributed by atoms with E-state index in [0.717, 1.165) is 24.3 Å². The number of carbonyl (C=O) groups excluding carboxylic acids is 1. The first-order chi connectivity index (χ1) is 8.29. The Morgan fingerprint density at radius 1 is 1.35 bits per heavy atom. The topological polar surface area (TPSA) is 30.2 Å². The standard InChI is InChI=1S/C15H22O2/c1-2-3-12-4-6-14(7-5-12)15(16)10-13-8-9-17-11-13/h8-9,11-12,14H,2-7,10H2,1H3. The van der Waals surface area contributed by atoms with Crippen LogP contribution in [-0.2, 0) is 11.2 Å². The fourth-order valence-electron chi connectivity index (χ4n) is 2.92. The van der Waals surface area contributed by atoms with Crippen LogP contribution in [0.4, 0.5) is 0 Å². The van der Waals surface area contributed by atoms with Crippen LogP contribution in [0, 0.1) is 11.8 Å². The Morgan fingerprint density at radius 2 is 2.12 bits per heavy atom. The van der Waals surface area contributed by atoms with Gasteiger partial charge in [0.05, 0.1) is 12.5 Å². The quantitative estimate of drug-likeness (QED) is 0.771. The van der Waals surface area contributed by atoms with Crippen molar-refractivity contribution in [3.63, 3.8) is 0 Å². The van der Waals surface area contributed by atoms with Gasteiger partial charge in [0.2, 0.25) is 0 Å². The molecule has 0 unspecified atom stereocenters. The zero-order valence-electron chi connectivity index (χ0n) is 10.7. The average molecular weight is 234 g/mol. The van der Waals surface area contributed by atoms with E-state index in [1.807, 2.05) is 6.07 Å². The molecule has 17 heavy (non-hydrogen) atoms. The van der Waals surface area contributed by atoms with E-state index in [1.165, 1.54) is 25.7 Å². The highest BCUT2D eigenvalue weighted by Gasteiger charge is 2.25. The Labute approximate surface area is 103 Å². The summed E-state index contributed by atoms with van der Waals surface area (Å²) in [5.74, 6) is 1.58. The summed E-state index contributed by atoms with van der Waals surface area (Å²) in [5.41, 5.74) is 1.02. The van der Waals surface area contributed by atoms with Gasteiger partial charge in [0.15, 0.2) is 0 Å². The van der Waals surface area contributed by atoms with Gasteiger partial charge in [-0.15, -0.1) is 0 Å². The lowest BCUT2D eigenvalue weighted by atomic mass is 9.77. The predicted octanol–water partition coefficient (Wildman–Crippen LogP) is 4.00. The van der Waals surface area contributed by atoms with Crippen molar-refractivity contribution in [2.24, 2.45) is 11.8 Å². The highest BCUT2D eigenvalue weighted by Crippen LogP contribution is 2.32. The third-order valence-electron chi connectivity index (χ3n) is 3.96. The molecule has 1 saturated carbocycles. The van der Waals surface area contributed by atoms with E-state index in [2.05, 4.69) is 6.92 Å². The monoisotopic (exact) mass is 234 g/mol. The van der Waals surface area contributed by atoms with Crippen LogP contribution in [0.3, 0.4) is 0 Å². The van der Waals surface area contributed by atoms with Crippen LogP contribution in [0.25, 0.3) is 0 Å². The summed E-state index contributed by atoms with van der Waals surface area (Å²) in [6.07, 6.45) is 11.2. The predicted molar refractivity (Wildman–Crippen MR) is 67.8 cm³/mol. The van der Waals surface area contributed by atoms with Crippen LogP contribution in [0.1, 0.15) is 51.0 Å². The van der Waals surface area contributed by atoms with Gasteiger partial charge >= 0.3 is 0 Å². The third-order valence-corrected chi connectivity index (χ3v) is 3.96. The zero-order chi connectivity index (χ0) is 12.1. The maximum Gasteiger partial charge on any atom is 0.140 e. The molecule has 1 heterocycles. The lowest BCUT2D eigenvalue weighted by Gasteiger charge is -2.27. The molecule has 0 spiro atoms. The van der Waals surface area contributed by atoms with Crippen molar-refractivity contribution in [2.45, 2.75) is 51.9 Å². The Balaban J connectivity index is 1.78. The number of hydrogen-bond acceptors (Lipinski definition) is 2. The molecule has 2 heteroatoms. The highest BCUT2D eigenvalue weighted by molar-refractivity contribution is 5.83. The molecule has 1 aromatic heterocycles. The van der Waals surface area contributed by atoms with E-state index in [1.54, 1.807) is 12.5 Å². The second kappa shape index (κ2) is 6.04. The first kappa shape index (κ1) is 12.4. The van der Waals surface area contributed by atoms with Gasteiger partial charge in [0.1, 0.15) is 5.78 Å². The molecule has 1 aliphatic rings. The molecule has 0 radical (unpaired) electrons. The summed E-state index contributed by atoms with van der Waals surface area (Å²) in [4.78, 5) is 12.1. The summed E-state index contributed by atoms with van der Waals surface area (Å²) < 4.78 is 5.00. The Morgan fingerprint density at radius 3 is 2.71 bits per heavy atom. The largest absolute Gasteiger partial charge is 0.472 e. The van der Waals surface area contributed by atoms with E-state index in [4.69, 9.17) is 4.42 Å². The minimum absolute atomic E-state index is 0.304. The van der Waals surface area contributed by atoms with Crippen LogP contribution in [0.2, 0.25) is 0 Å². The average Bonchev–Trinajstić information content (AvgIpc) is 2.83. The minimum Gasteiger partial charge on any atom is -0.472 e. The van der Waals surface area contributed by atoms with Gasteiger partial charge < -0.3 is 4.42 Å². The second-order valence-corrected chi connectivity index (χ2v) is 5.28. The SMILES string of the molecule is CCCC1CCC(C(=O)Cc2ccoc2)CC1. The highest BCUT2D eigenvalue weighted by atomic mass is 16.3. The van der Waals surface area contributed by atoms with E-state index in [9.17, 15) is 4.79 Å². The molecule has 0 amide bonds. The van der Waals surface area contributed by atoms with Crippen LogP contribution < -0.4 is 0 Å². The number of Topliss-reactive ketones (excluding diaryl/α,β-unsaturated/α-hetero) is 1. The van der Waals surface area contributed by atoms with Crippen molar-refractivity contribution in [3.05, 3.63) is 24.2 Å². The number of hydrogen-bond donors (Lipinski definition) is 0. The van der Waals surface area contributed by atoms with Crippen molar-refractivity contribution in [2.75, 3.05) is 0 Å². The molecular formula is C15H22O2. The fourth-order valence-corrected chi connectivity index (χ4v) is 2.92. The Kier molecular flexibility index (Phi) is 4.41. The molecule has 1 fully saturated rings. The summed E-state index contributed by atoms with van der Waals surface area (Å²) in [5, 5.41) is 0. The van der Waals surface area contributed by atoms with Crippen molar-refractivity contribution < 1.29 is 9.21 Å². The fraction of sp³-hybridized carbons (Fsp3) is 0.667. The molecule has 1 aromatic rings. The molecule has 0 aliphatic heterocycles. The normalized spacial score (nSPS) is 24.8. The van der Waals surface area contributed by atoms with Crippen LogP contribution in [0.5, 0.6) is 0 Å². The van der Waals surface area contributed by atoms with E-state index >= 15 is 0 Å². The van der Waals surface area contributed by atoms with Gasteiger partial charge in [0.25, 0.3) is 0 Å². The molecule has 0 saturated heterocycles. The van der Waals surface area contributed by atoms with Gasteiger partial charge in [-0.2, -0.15) is 0 Å². The summed E-state index contributed by atoms with van der Waals surface area (Å²) in [7, 11) is 0. The number of carbonyl (C=O) groups is 1. The van der Waals surface area contributed by atoms with Gasteiger partial charge in [-0.05, 0) is 43.2 Å². The first-order valence-corrected chi connectivity index (χ1v) is 6.83. The smallest absolute Gasteiger partial charge is 0.140 e. The molecule has 0 atom stereocenters. The lowest BCUT2D eigenvalue weighted by molar-refractivity contribution is -0.123. The first-order valence-electron chi connectivity index (χ1n) is 6.83. The van der Waals surface area contributed by atoms with Gasteiger partial charge in [0, 0.05) is 12.3 Å². The molecule has 0 N–H and O–H groups in total. The van der Waals surface area contributed by atoms with Crippen LogP contribution in [-0.4, -0.2) is 5.78 Å². The minimum atomic E-state index is 0.304. The van der Waals surface area contributed by atoms with E-state index < -0.39 is 0 Å². The maximum absolute atomic E-state index is 12.1. The Hall–Kier alpha value is -1.05. The molecule has 94 valence electrons. The van der Waals surface area contributed by atoms with Crippen molar-refractivity contribution in [1.29, 1.82) is 0 Å². The van der Waals surface area contributed by atoms with Gasteiger partial charge in [-0.25, -0.2) is 0 Å². The molecule has 0 aromatic carbocycles. The molecular weight excluding hydrogens is 212 g/mol. The van der Waals surface area contributed by atoms with Crippen molar-refractivity contribution in [3.8, 4) is 0 Å². The molecule has 0 bridgehead atoms. The molecule has 2 rings (SSSR count). The third kappa shape index (κ3) is 3.45.